The topological polar surface area (TPSA) is 60.7 Å². The Morgan fingerprint density at radius 3 is 2.36 bits per heavy atom. The number of aromatic hydroxyl groups is 1. The quantitative estimate of drug-likeness (QED) is 0.361. The molecule has 6 heteroatoms. The fourth-order valence-corrected chi connectivity index (χ4v) is 4.83. The maximum absolute atomic E-state index is 9.96. The van der Waals surface area contributed by atoms with Crippen LogP contribution in [0.1, 0.15) is 36.8 Å². The van der Waals surface area contributed by atoms with Gasteiger partial charge >= 0.3 is 0 Å². The van der Waals surface area contributed by atoms with Crippen molar-refractivity contribution in [2.45, 2.75) is 26.2 Å². The molecule has 0 aliphatic carbocycles. The van der Waals surface area contributed by atoms with Crippen molar-refractivity contribution in [2.75, 3.05) is 0 Å². The van der Waals surface area contributed by atoms with E-state index in [4.69, 9.17) is 22.2 Å². The van der Waals surface area contributed by atoms with Gasteiger partial charge in [-0.05, 0) is 63.8 Å². The molecule has 2 heterocycles. The summed E-state index contributed by atoms with van der Waals surface area (Å²) in [4.78, 5) is 13.0. The normalized spacial score (nSPS) is 13.5. The number of aromatic nitrogens is 1. The van der Waals surface area contributed by atoms with Gasteiger partial charge in [-0.3, -0.25) is 0 Å². The lowest BCUT2D eigenvalue weighted by Gasteiger charge is -2.19. The Hall–Kier alpha value is -3.35. The lowest BCUT2D eigenvalue weighted by molar-refractivity contribution is 0.456. The van der Waals surface area contributed by atoms with Crippen LogP contribution in [0.4, 0.5) is 5.69 Å². The monoisotopic (exact) mass is 469 g/mol. The third-order valence-electron chi connectivity index (χ3n) is 5.61. The predicted octanol–water partition coefficient (Wildman–Crippen LogP) is 6.02. The fourth-order valence-electron chi connectivity index (χ4n) is 3.78. The number of fused-ring (bicyclic) bond motifs is 1. The van der Waals surface area contributed by atoms with E-state index >= 15 is 0 Å². The maximum Gasteiger partial charge on any atom is 0.207 e. The van der Waals surface area contributed by atoms with Gasteiger partial charge in [0.25, 0.3) is 0 Å². The van der Waals surface area contributed by atoms with Crippen LogP contribution in [0.5, 0.6) is 5.88 Å². The van der Waals surface area contributed by atoms with Crippen molar-refractivity contribution in [1.82, 2.24) is 4.98 Å². The molecule has 0 atom stereocenters. The second-order valence-corrected chi connectivity index (χ2v) is 10.8. The zero-order chi connectivity index (χ0) is 23.2. The van der Waals surface area contributed by atoms with Crippen LogP contribution in [0.15, 0.2) is 76.7 Å². The van der Waals surface area contributed by atoms with Gasteiger partial charge in [0.15, 0.2) is 9.79 Å². The molecular formula is C27H23N3OS2. The lowest BCUT2D eigenvalue weighted by atomic mass is 9.86. The molecule has 0 bridgehead atoms. The molecule has 4 nitrogen and oxygen atoms in total. The molecule has 0 fully saturated rings. The van der Waals surface area contributed by atoms with Crippen LogP contribution in [0.2, 0.25) is 0 Å². The molecule has 33 heavy (non-hydrogen) atoms. The first-order valence-corrected chi connectivity index (χ1v) is 11.9. The summed E-state index contributed by atoms with van der Waals surface area (Å²) in [5, 5.41) is 11.7. The molecule has 0 saturated heterocycles. The highest BCUT2D eigenvalue weighted by atomic mass is 32.1. The summed E-state index contributed by atoms with van der Waals surface area (Å²) in [5.74, 6) is 0.794. The van der Waals surface area contributed by atoms with E-state index in [-0.39, 0.29) is 11.3 Å². The van der Waals surface area contributed by atoms with Gasteiger partial charge in [0.2, 0.25) is 5.88 Å². The number of amidine groups is 1. The molecule has 0 saturated carbocycles. The first-order valence-electron chi connectivity index (χ1n) is 10.7. The van der Waals surface area contributed by atoms with Crippen molar-refractivity contribution in [2.24, 2.45) is 9.98 Å². The van der Waals surface area contributed by atoms with E-state index in [0.717, 1.165) is 27.4 Å². The molecule has 0 spiro atoms. The summed E-state index contributed by atoms with van der Waals surface area (Å²) in [6.45, 7) is 6.67. The molecule has 0 amide bonds. The number of nitrogens with zero attached hydrogens (tertiary/aromatic N) is 2. The zero-order valence-electron chi connectivity index (χ0n) is 18.6. The molecule has 164 valence electrons. The van der Waals surface area contributed by atoms with Crippen molar-refractivity contribution in [3.05, 3.63) is 97.3 Å². The number of aromatic amines is 1. The number of aliphatic imine (C=N–C) groups is 1. The molecule has 4 aromatic rings. The Kier molecular flexibility index (Phi) is 5.35. The highest BCUT2D eigenvalue weighted by Crippen LogP contribution is 2.27. The van der Waals surface area contributed by atoms with Crippen LogP contribution < -0.4 is 10.6 Å². The summed E-state index contributed by atoms with van der Waals surface area (Å²) in [5.41, 5.74) is 5.56. The third-order valence-corrected chi connectivity index (χ3v) is 6.78. The Bertz CT molecular complexity index is 1570. The molecule has 0 unspecified atom stereocenters. The van der Waals surface area contributed by atoms with Crippen LogP contribution in [-0.2, 0) is 5.41 Å². The first kappa shape index (κ1) is 21.5. The minimum absolute atomic E-state index is 0.0896. The van der Waals surface area contributed by atoms with E-state index in [1.54, 1.807) is 0 Å². The van der Waals surface area contributed by atoms with Gasteiger partial charge in [0.05, 0.1) is 15.9 Å². The smallest absolute Gasteiger partial charge is 0.207 e. The van der Waals surface area contributed by atoms with Crippen molar-refractivity contribution in [3.8, 4) is 17.0 Å². The minimum Gasteiger partial charge on any atom is -0.494 e. The molecule has 1 aliphatic rings. The molecule has 0 radical (unpaired) electrons. The Balaban J connectivity index is 1.47. The Labute approximate surface area is 201 Å². The van der Waals surface area contributed by atoms with Crippen LogP contribution in [-0.4, -0.2) is 15.9 Å². The second kappa shape index (κ2) is 8.21. The second-order valence-electron chi connectivity index (χ2n) is 9.08. The van der Waals surface area contributed by atoms with Gasteiger partial charge < -0.3 is 10.1 Å². The Morgan fingerprint density at radius 1 is 0.909 bits per heavy atom. The van der Waals surface area contributed by atoms with Crippen LogP contribution in [0.25, 0.3) is 17.2 Å². The van der Waals surface area contributed by atoms with E-state index in [1.165, 1.54) is 22.5 Å². The molecule has 5 rings (SSSR count). The summed E-state index contributed by atoms with van der Waals surface area (Å²) in [6.07, 6.45) is 1.89. The Morgan fingerprint density at radius 2 is 1.67 bits per heavy atom. The van der Waals surface area contributed by atoms with E-state index in [1.807, 2.05) is 36.4 Å². The number of benzene rings is 3. The average molecular weight is 470 g/mol. The molecule has 3 aromatic carbocycles. The van der Waals surface area contributed by atoms with Gasteiger partial charge in [0.1, 0.15) is 0 Å². The highest BCUT2D eigenvalue weighted by Gasteiger charge is 2.14. The summed E-state index contributed by atoms with van der Waals surface area (Å²) >= 11 is 6.44. The number of thiazole rings is 1. The highest BCUT2D eigenvalue weighted by molar-refractivity contribution is 7.73. The van der Waals surface area contributed by atoms with Gasteiger partial charge in [-0.2, -0.15) is 0 Å². The van der Waals surface area contributed by atoms with Crippen LogP contribution >= 0.6 is 23.6 Å². The summed E-state index contributed by atoms with van der Waals surface area (Å²) < 4.78 is 0.545. The van der Waals surface area contributed by atoms with Gasteiger partial charge in [-0.25, -0.2) is 9.98 Å². The van der Waals surface area contributed by atoms with Crippen molar-refractivity contribution < 1.29 is 5.11 Å². The van der Waals surface area contributed by atoms with Crippen LogP contribution in [0, 0.1) is 3.95 Å². The fraction of sp³-hybridized carbons (Fsp3) is 0.148. The minimum atomic E-state index is 0.0896. The number of rotatable bonds is 3. The van der Waals surface area contributed by atoms with E-state index in [2.05, 4.69) is 62.2 Å². The molecular weight excluding hydrogens is 446 g/mol. The van der Waals surface area contributed by atoms with Gasteiger partial charge in [0, 0.05) is 5.56 Å². The standard InChI is InChI=1S/C27H23N3OS2/c1-27(2,3)20-10-8-17(9-11-20)18-5-4-6-19(15-18)24-28-21-12-7-16(13-22(21)29-24)14-23-25(31)30-26(32)33-23/h4-15,31H,1-3H3,(H,30,32)/b16-14-. The van der Waals surface area contributed by atoms with E-state index < -0.39 is 0 Å². The van der Waals surface area contributed by atoms with Crippen molar-refractivity contribution in [1.29, 1.82) is 0 Å². The lowest BCUT2D eigenvalue weighted by Crippen LogP contribution is -2.10. The number of H-pyrrole nitrogens is 1. The van der Waals surface area contributed by atoms with Crippen LogP contribution in [0.3, 0.4) is 0 Å². The largest absolute Gasteiger partial charge is 0.494 e. The van der Waals surface area contributed by atoms with Gasteiger partial charge in [-0.1, -0.05) is 69.3 Å². The number of nitrogens with one attached hydrogen (secondary N) is 1. The molecule has 1 aliphatic heterocycles. The van der Waals surface area contributed by atoms with E-state index in [0.29, 0.717) is 14.7 Å². The predicted molar refractivity (Wildman–Crippen MR) is 139 cm³/mol. The van der Waals surface area contributed by atoms with Crippen molar-refractivity contribution >= 4 is 41.2 Å². The summed E-state index contributed by atoms with van der Waals surface area (Å²) in [6, 6.07) is 23.0. The number of hydrogen-bond acceptors (Lipinski definition) is 5. The zero-order valence-corrected chi connectivity index (χ0v) is 20.2. The average Bonchev–Trinajstić information content (AvgIpc) is 3.35. The van der Waals surface area contributed by atoms with Crippen molar-refractivity contribution in [3.63, 3.8) is 0 Å². The third kappa shape index (κ3) is 4.45. The van der Waals surface area contributed by atoms with Gasteiger partial charge in [-0.15, -0.1) is 11.3 Å². The number of hydrogen-bond donors (Lipinski definition) is 2. The maximum atomic E-state index is 9.96. The SMILES string of the molecule is CC(C)(C)c1ccc(-c2cccc(C3=Nc4c/c(=C\c5sc(=S)[nH]c5O)ccc4=N3)c2)cc1. The van der Waals surface area contributed by atoms with E-state index in [9.17, 15) is 5.11 Å². The molecule has 2 N–H and O–H groups in total. The molecule has 1 aromatic heterocycles. The summed E-state index contributed by atoms with van der Waals surface area (Å²) in [7, 11) is 0. The first-order chi connectivity index (χ1) is 15.8.